The predicted octanol–water partition coefficient (Wildman–Crippen LogP) is 2.23. The van der Waals surface area contributed by atoms with Crippen LogP contribution in [0, 0.1) is 0 Å². The summed E-state index contributed by atoms with van der Waals surface area (Å²) in [4.78, 5) is 8.35. The average molecular weight is 224 g/mol. The Bertz CT molecular complexity index is 314. The topological polar surface area (TPSA) is 34.5 Å². The second-order valence-electron chi connectivity index (χ2n) is 3.15. The molecule has 0 radical (unpaired) electrons. The Morgan fingerprint density at radius 2 is 2.47 bits per heavy atom. The van der Waals surface area contributed by atoms with Crippen LogP contribution in [0.4, 0.5) is 0 Å². The van der Waals surface area contributed by atoms with Gasteiger partial charge < -0.3 is 4.74 Å². The number of ether oxygens (including phenoxy) is 1. The number of pyridine rings is 1. The van der Waals surface area contributed by atoms with Gasteiger partial charge in [0.2, 0.25) is 0 Å². The van der Waals surface area contributed by atoms with Crippen molar-refractivity contribution in [3.05, 3.63) is 30.1 Å². The van der Waals surface area contributed by atoms with Crippen molar-refractivity contribution in [1.29, 1.82) is 0 Å². The van der Waals surface area contributed by atoms with Crippen LogP contribution in [-0.4, -0.2) is 36.0 Å². The van der Waals surface area contributed by atoms with Gasteiger partial charge in [0.25, 0.3) is 0 Å². The van der Waals surface area contributed by atoms with Crippen molar-refractivity contribution < 1.29 is 4.74 Å². The van der Waals surface area contributed by atoms with E-state index in [-0.39, 0.29) is 0 Å². The molecule has 0 amide bonds. The van der Waals surface area contributed by atoms with Crippen molar-refractivity contribution >= 4 is 16.8 Å². The van der Waals surface area contributed by atoms with E-state index < -0.39 is 0 Å². The Balaban J connectivity index is 2.66. The minimum Gasteiger partial charge on any atom is -0.384 e. The Labute approximate surface area is 95.0 Å². The molecular weight excluding hydrogens is 208 g/mol. The molecule has 1 atom stereocenters. The van der Waals surface area contributed by atoms with E-state index in [1.165, 1.54) is 0 Å². The molecule has 1 aromatic rings. The molecule has 0 bridgehead atoms. The van der Waals surface area contributed by atoms with Crippen molar-refractivity contribution in [3.63, 3.8) is 0 Å². The zero-order chi connectivity index (χ0) is 11.1. The first-order chi connectivity index (χ1) is 7.27. The summed E-state index contributed by atoms with van der Waals surface area (Å²) in [6.45, 7) is 2.85. The Kier molecular flexibility index (Phi) is 5.36. The number of aromatic nitrogens is 1. The fourth-order valence-corrected chi connectivity index (χ4v) is 2.15. The van der Waals surface area contributed by atoms with Crippen molar-refractivity contribution in [2.24, 2.45) is 4.99 Å². The van der Waals surface area contributed by atoms with E-state index in [9.17, 15) is 0 Å². The number of aliphatic imine (C=N–C) groups is 1. The quantitative estimate of drug-likeness (QED) is 0.581. The third kappa shape index (κ3) is 4.01. The SMILES string of the molecule is CN=C(SC(C)COC)c1cccnc1. The highest BCUT2D eigenvalue weighted by Gasteiger charge is 2.09. The van der Waals surface area contributed by atoms with E-state index in [0.29, 0.717) is 5.25 Å². The standard InChI is InChI=1S/C11H16N2OS/c1-9(8-14-3)15-11(12-2)10-5-4-6-13-7-10/h4-7,9H,8H2,1-3H3. The van der Waals surface area contributed by atoms with E-state index >= 15 is 0 Å². The number of nitrogens with zero attached hydrogens (tertiary/aromatic N) is 2. The van der Waals surface area contributed by atoms with Gasteiger partial charge in [0.05, 0.1) is 11.7 Å². The maximum Gasteiger partial charge on any atom is 0.0992 e. The van der Waals surface area contributed by atoms with Crippen LogP contribution in [0.1, 0.15) is 12.5 Å². The molecule has 0 saturated carbocycles. The molecule has 1 unspecified atom stereocenters. The fraction of sp³-hybridized carbons (Fsp3) is 0.455. The van der Waals surface area contributed by atoms with Crippen molar-refractivity contribution in [2.45, 2.75) is 12.2 Å². The molecule has 0 fully saturated rings. The summed E-state index contributed by atoms with van der Waals surface area (Å²) >= 11 is 1.71. The lowest BCUT2D eigenvalue weighted by Crippen LogP contribution is -2.10. The molecule has 82 valence electrons. The molecule has 0 aliphatic rings. The van der Waals surface area contributed by atoms with Crippen LogP contribution in [0.15, 0.2) is 29.5 Å². The predicted molar refractivity (Wildman–Crippen MR) is 65.6 cm³/mol. The lowest BCUT2D eigenvalue weighted by atomic mass is 10.3. The van der Waals surface area contributed by atoms with Crippen LogP contribution in [0.2, 0.25) is 0 Å². The molecule has 1 heterocycles. The highest BCUT2D eigenvalue weighted by molar-refractivity contribution is 8.14. The molecule has 3 nitrogen and oxygen atoms in total. The molecule has 1 aromatic heterocycles. The number of methoxy groups -OCH3 is 1. The Morgan fingerprint density at radius 3 is 3.00 bits per heavy atom. The molecule has 0 aromatic carbocycles. The Hall–Kier alpha value is -0.870. The monoisotopic (exact) mass is 224 g/mol. The zero-order valence-electron chi connectivity index (χ0n) is 9.30. The molecule has 15 heavy (non-hydrogen) atoms. The Morgan fingerprint density at radius 1 is 1.67 bits per heavy atom. The van der Waals surface area contributed by atoms with Gasteiger partial charge in [-0.2, -0.15) is 0 Å². The first kappa shape index (κ1) is 12.2. The van der Waals surface area contributed by atoms with Gasteiger partial charge >= 0.3 is 0 Å². The minimum absolute atomic E-state index is 0.397. The van der Waals surface area contributed by atoms with E-state index in [2.05, 4.69) is 16.9 Å². The molecule has 0 aliphatic heterocycles. The summed E-state index contributed by atoms with van der Waals surface area (Å²) in [6, 6.07) is 3.93. The number of hydrogen-bond donors (Lipinski definition) is 0. The van der Waals surface area contributed by atoms with Gasteiger partial charge in [0.15, 0.2) is 0 Å². The summed E-state index contributed by atoms with van der Waals surface area (Å²) in [7, 11) is 3.51. The zero-order valence-corrected chi connectivity index (χ0v) is 10.1. The van der Waals surface area contributed by atoms with Crippen LogP contribution in [0.25, 0.3) is 0 Å². The van der Waals surface area contributed by atoms with Gasteiger partial charge in [-0.15, -0.1) is 11.8 Å². The van der Waals surface area contributed by atoms with Gasteiger partial charge in [-0.1, -0.05) is 6.92 Å². The van der Waals surface area contributed by atoms with E-state index in [1.807, 2.05) is 18.3 Å². The highest BCUT2D eigenvalue weighted by Crippen LogP contribution is 2.18. The van der Waals surface area contributed by atoms with E-state index in [1.54, 1.807) is 32.1 Å². The summed E-state index contributed by atoms with van der Waals surface area (Å²) in [5, 5.41) is 1.40. The number of hydrogen-bond acceptors (Lipinski definition) is 4. The van der Waals surface area contributed by atoms with Gasteiger partial charge in [0, 0.05) is 37.4 Å². The van der Waals surface area contributed by atoms with Crippen LogP contribution >= 0.6 is 11.8 Å². The smallest absolute Gasteiger partial charge is 0.0992 e. The van der Waals surface area contributed by atoms with E-state index in [0.717, 1.165) is 17.2 Å². The lowest BCUT2D eigenvalue weighted by molar-refractivity contribution is 0.203. The third-order valence-electron chi connectivity index (χ3n) is 1.83. The first-order valence-electron chi connectivity index (χ1n) is 4.80. The van der Waals surface area contributed by atoms with Crippen LogP contribution < -0.4 is 0 Å². The fourth-order valence-electron chi connectivity index (χ4n) is 1.20. The van der Waals surface area contributed by atoms with Crippen LogP contribution in [-0.2, 0) is 4.74 Å². The normalized spacial score (nSPS) is 13.9. The largest absolute Gasteiger partial charge is 0.384 e. The molecule has 0 aliphatic carbocycles. The molecular formula is C11H16N2OS. The van der Waals surface area contributed by atoms with Crippen LogP contribution in [0.3, 0.4) is 0 Å². The summed E-state index contributed by atoms with van der Waals surface area (Å²) in [6.07, 6.45) is 3.59. The third-order valence-corrected chi connectivity index (χ3v) is 3.01. The second kappa shape index (κ2) is 6.58. The number of thioether (sulfide) groups is 1. The van der Waals surface area contributed by atoms with Crippen molar-refractivity contribution in [2.75, 3.05) is 20.8 Å². The van der Waals surface area contributed by atoms with Crippen molar-refractivity contribution in [1.82, 2.24) is 4.98 Å². The maximum absolute atomic E-state index is 5.09. The van der Waals surface area contributed by atoms with Gasteiger partial charge in [-0.05, 0) is 12.1 Å². The minimum atomic E-state index is 0.397. The second-order valence-corrected chi connectivity index (χ2v) is 4.58. The molecule has 0 N–H and O–H groups in total. The maximum atomic E-state index is 5.09. The molecule has 1 rings (SSSR count). The first-order valence-corrected chi connectivity index (χ1v) is 5.68. The van der Waals surface area contributed by atoms with Crippen molar-refractivity contribution in [3.8, 4) is 0 Å². The number of rotatable bonds is 4. The molecule has 4 heteroatoms. The highest BCUT2D eigenvalue weighted by atomic mass is 32.2. The summed E-state index contributed by atoms with van der Waals surface area (Å²) in [5.41, 5.74) is 1.06. The summed E-state index contributed by atoms with van der Waals surface area (Å²) < 4.78 is 5.09. The van der Waals surface area contributed by atoms with Crippen LogP contribution in [0.5, 0.6) is 0 Å². The molecule has 0 spiro atoms. The summed E-state index contributed by atoms with van der Waals surface area (Å²) in [5.74, 6) is 0. The average Bonchev–Trinajstić information content (AvgIpc) is 2.27. The van der Waals surface area contributed by atoms with Gasteiger partial charge in [0.1, 0.15) is 0 Å². The molecule has 0 saturated heterocycles. The van der Waals surface area contributed by atoms with E-state index in [4.69, 9.17) is 4.74 Å². The van der Waals surface area contributed by atoms with Gasteiger partial charge in [-0.25, -0.2) is 0 Å². The van der Waals surface area contributed by atoms with Gasteiger partial charge in [-0.3, -0.25) is 9.98 Å². The lowest BCUT2D eigenvalue weighted by Gasteiger charge is -2.11.